The van der Waals surface area contributed by atoms with Crippen LogP contribution in [0.2, 0.25) is 5.02 Å². The van der Waals surface area contributed by atoms with E-state index in [1.807, 2.05) is 6.07 Å². The van der Waals surface area contributed by atoms with Crippen LogP contribution in [-0.2, 0) is 9.53 Å². The first-order chi connectivity index (χ1) is 17.0. The molecular formula is C27H25ClN2O4S. The Morgan fingerprint density at radius 1 is 1.11 bits per heavy atom. The summed E-state index contributed by atoms with van der Waals surface area (Å²) in [6, 6.07) is 16.1. The number of hydrogen-bond donors (Lipinski definition) is 1. The standard InChI is InChI=1S/C27H25ClN2O4S/c1-3-5-14-34-22-12-6-18(7-13-22)15-20(16-29)25(31)30-26-24(27(32)33-4-2)23(17-35-26)19-8-10-21(28)11-9-19/h6-13,15,17H,3-5,14H2,1-2H3,(H,30,31). The Morgan fingerprint density at radius 3 is 2.46 bits per heavy atom. The first-order valence-electron chi connectivity index (χ1n) is 11.2. The van der Waals surface area contributed by atoms with Gasteiger partial charge in [-0.25, -0.2) is 4.79 Å². The van der Waals surface area contributed by atoms with Crippen molar-refractivity contribution in [3.8, 4) is 22.9 Å². The van der Waals surface area contributed by atoms with Crippen LogP contribution in [0.15, 0.2) is 59.5 Å². The number of carbonyl (C=O) groups excluding carboxylic acids is 2. The number of unbranched alkanes of at least 4 members (excludes halogenated alkanes) is 1. The fourth-order valence-corrected chi connectivity index (χ4v) is 4.26. The van der Waals surface area contributed by atoms with Crippen LogP contribution in [0, 0.1) is 11.3 Å². The van der Waals surface area contributed by atoms with Crippen LogP contribution in [0.1, 0.15) is 42.6 Å². The van der Waals surface area contributed by atoms with Crippen LogP contribution < -0.4 is 10.1 Å². The zero-order valence-electron chi connectivity index (χ0n) is 19.5. The van der Waals surface area contributed by atoms with Gasteiger partial charge in [0, 0.05) is 16.0 Å². The molecule has 3 rings (SSSR count). The number of thiophene rings is 1. The van der Waals surface area contributed by atoms with Gasteiger partial charge in [-0.2, -0.15) is 5.26 Å². The number of hydrogen-bond acceptors (Lipinski definition) is 6. The minimum atomic E-state index is -0.620. The molecule has 3 aromatic rings. The van der Waals surface area contributed by atoms with Gasteiger partial charge in [-0.3, -0.25) is 4.79 Å². The molecule has 0 radical (unpaired) electrons. The predicted molar refractivity (Wildman–Crippen MR) is 140 cm³/mol. The third-order valence-corrected chi connectivity index (χ3v) is 6.12. The fraction of sp³-hybridized carbons (Fsp3) is 0.222. The number of amides is 1. The highest BCUT2D eigenvalue weighted by atomic mass is 35.5. The molecule has 180 valence electrons. The van der Waals surface area contributed by atoms with Gasteiger partial charge in [-0.1, -0.05) is 49.2 Å². The van der Waals surface area contributed by atoms with E-state index in [2.05, 4.69) is 12.2 Å². The summed E-state index contributed by atoms with van der Waals surface area (Å²) >= 11 is 7.17. The molecule has 0 aliphatic rings. The number of carbonyl (C=O) groups is 2. The summed E-state index contributed by atoms with van der Waals surface area (Å²) in [4.78, 5) is 25.7. The summed E-state index contributed by atoms with van der Waals surface area (Å²) in [5, 5.41) is 14.9. The highest BCUT2D eigenvalue weighted by molar-refractivity contribution is 7.15. The predicted octanol–water partition coefficient (Wildman–Crippen LogP) is 6.97. The lowest BCUT2D eigenvalue weighted by Gasteiger charge is -2.09. The number of anilines is 1. The minimum absolute atomic E-state index is 0.0964. The van der Waals surface area contributed by atoms with Crippen LogP contribution in [-0.4, -0.2) is 25.1 Å². The van der Waals surface area contributed by atoms with Gasteiger partial charge in [0.15, 0.2) is 0 Å². The Kier molecular flexibility index (Phi) is 9.47. The molecule has 0 atom stereocenters. The average molecular weight is 509 g/mol. The van der Waals surface area contributed by atoms with Gasteiger partial charge in [0.25, 0.3) is 5.91 Å². The van der Waals surface area contributed by atoms with Crippen LogP contribution in [0.25, 0.3) is 17.2 Å². The summed E-state index contributed by atoms with van der Waals surface area (Å²) in [6.07, 6.45) is 3.50. The Hall–Kier alpha value is -3.60. The van der Waals surface area contributed by atoms with E-state index in [9.17, 15) is 14.9 Å². The molecule has 6 nitrogen and oxygen atoms in total. The van der Waals surface area contributed by atoms with E-state index < -0.39 is 11.9 Å². The number of nitriles is 1. The zero-order chi connectivity index (χ0) is 25.2. The molecular weight excluding hydrogens is 484 g/mol. The van der Waals surface area contributed by atoms with Gasteiger partial charge in [0.1, 0.15) is 28.0 Å². The Balaban J connectivity index is 1.84. The molecule has 0 aliphatic heterocycles. The number of nitrogens with zero attached hydrogens (tertiary/aromatic N) is 1. The number of benzene rings is 2. The van der Waals surface area contributed by atoms with Crippen molar-refractivity contribution < 1.29 is 19.1 Å². The van der Waals surface area contributed by atoms with Crippen molar-refractivity contribution in [2.24, 2.45) is 0 Å². The molecule has 0 bridgehead atoms. The first kappa shape index (κ1) is 26.0. The minimum Gasteiger partial charge on any atom is -0.494 e. The first-order valence-corrected chi connectivity index (χ1v) is 12.4. The Bertz CT molecular complexity index is 1240. The molecule has 0 spiro atoms. The number of rotatable bonds is 10. The van der Waals surface area contributed by atoms with E-state index in [0.717, 1.165) is 24.2 Å². The third-order valence-electron chi connectivity index (χ3n) is 4.98. The smallest absolute Gasteiger partial charge is 0.341 e. The largest absolute Gasteiger partial charge is 0.494 e. The fourth-order valence-electron chi connectivity index (χ4n) is 3.18. The maximum atomic E-state index is 12.9. The van der Waals surface area contributed by atoms with Gasteiger partial charge in [0.2, 0.25) is 0 Å². The van der Waals surface area contributed by atoms with Crippen molar-refractivity contribution in [2.75, 3.05) is 18.5 Å². The van der Waals surface area contributed by atoms with Crippen molar-refractivity contribution in [3.05, 3.63) is 75.6 Å². The number of ether oxygens (including phenoxy) is 2. The van der Waals surface area contributed by atoms with Gasteiger partial charge in [0.05, 0.1) is 13.2 Å². The second-order valence-corrected chi connectivity index (χ2v) is 8.79. The van der Waals surface area contributed by atoms with Gasteiger partial charge in [-0.15, -0.1) is 11.3 Å². The molecule has 1 N–H and O–H groups in total. The summed E-state index contributed by atoms with van der Waals surface area (Å²) in [7, 11) is 0. The SMILES string of the molecule is CCCCOc1ccc(C=C(C#N)C(=O)Nc2scc(-c3ccc(Cl)cc3)c2C(=O)OCC)cc1. The quantitative estimate of drug-likeness (QED) is 0.138. The number of nitrogens with one attached hydrogen (secondary N) is 1. The third kappa shape index (κ3) is 6.95. The molecule has 0 saturated carbocycles. The van der Waals surface area contributed by atoms with Crippen molar-refractivity contribution in [3.63, 3.8) is 0 Å². The van der Waals surface area contributed by atoms with E-state index in [0.29, 0.717) is 27.8 Å². The van der Waals surface area contributed by atoms with E-state index in [-0.39, 0.29) is 17.7 Å². The lowest BCUT2D eigenvalue weighted by atomic mass is 10.0. The normalized spacial score (nSPS) is 11.0. The molecule has 0 aliphatic carbocycles. The second kappa shape index (κ2) is 12.7. The van der Waals surface area contributed by atoms with Crippen LogP contribution in [0.3, 0.4) is 0 Å². The molecule has 35 heavy (non-hydrogen) atoms. The van der Waals surface area contributed by atoms with Gasteiger partial charge in [-0.05, 0) is 54.8 Å². The molecule has 2 aromatic carbocycles. The molecule has 1 heterocycles. The monoisotopic (exact) mass is 508 g/mol. The average Bonchev–Trinajstić information content (AvgIpc) is 3.27. The Labute approximate surface area is 213 Å². The van der Waals surface area contributed by atoms with Crippen molar-refractivity contribution in [1.82, 2.24) is 0 Å². The molecule has 0 fully saturated rings. The maximum Gasteiger partial charge on any atom is 0.341 e. The van der Waals surface area contributed by atoms with E-state index in [1.54, 1.807) is 60.8 Å². The lowest BCUT2D eigenvalue weighted by Crippen LogP contribution is -2.16. The van der Waals surface area contributed by atoms with E-state index in [1.165, 1.54) is 17.4 Å². The van der Waals surface area contributed by atoms with Gasteiger partial charge < -0.3 is 14.8 Å². The Morgan fingerprint density at radius 2 is 1.83 bits per heavy atom. The maximum absolute atomic E-state index is 12.9. The highest BCUT2D eigenvalue weighted by Gasteiger charge is 2.23. The summed E-state index contributed by atoms with van der Waals surface area (Å²) in [6.45, 7) is 4.63. The molecule has 1 amide bonds. The molecule has 8 heteroatoms. The zero-order valence-corrected chi connectivity index (χ0v) is 21.0. The molecule has 0 unspecified atom stereocenters. The van der Waals surface area contributed by atoms with Crippen molar-refractivity contribution in [2.45, 2.75) is 26.7 Å². The van der Waals surface area contributed by atoms with E-state index in [4.69, 9.17) is 21.1 Å². The topological polar surface area (TPSA) is 88.4 Å². The summed E-state index contributed by atoms with van der Waals surface area (Å²) in [5.41, 5.74) is 2.19. The number of halogens is 1. The van der Waals surface area contributed by atoms with Gasteiger partial charge >= 0.3 is 5.97 Å². The van der Waals surface area contributed by atoms with Crippen molar-refractivity contribution in [1.29, 1.82) is 5.26 Å². The second-order valence-electron chi connectivity index (χ2n) is 7.48. The lowest BCUT2D eigenvalue weighted by molar-refractivity contribution is -0.112. The molecule has 1 aromatic heterocycles. The summed E-state index contributed by atoms with van der Waals surface area (Å²) in [5.74, 6) is -0.452. The summed E-state index contributed by atoms with van der Waals surface area (Å²) < 4.78 is 10.9. The van der Waals surface area contributed by atoms with Crippen LogP contribution >= 0.6 is 22.9 Å². The van der Waals surface area contributed by atoms with Crippen LogP contribution in [0.5, 0.6) is 5.75 Å². The number of esters is 1. The molecule has 0 saturated heterocycles. The van der Waals surface area contributed by atoms with Crippen LogP contribution in [0.4, 0.5) is 5.00 Å². The van der Waals surface area contributed by atoms with E-state index >= 15 is 0 Å². The highest BCUT2D eigenvalue weighted by Crippen LogP contribution is 2.37. The van der Waals surface area contributed by atoms with Crippen molar-refractivity contribution >= 4 is 45.9 Å².